The Balaban J connectivity index is 2.35. The van der Waals surface area contributed by atoms with E-state index < -0.39 is 0 Å². The molecular weight excluding hydrogens is 282 g/mol. The number of nitrogens with one attached hydrogen (secondary N) is 1. The molecule has 0 heterocycles. The molecule has 0 amide bonds. The standard InChI is InChI=1S/C13H18BrNO2/c1-3-17-8-4-7-15-10-11-9-12(14)5-6-13(11)16-2/h3,5-6,9,15H,1,4,7-8,10H2,2H3. The minimum atomic E-state index is 0.701. The number of rotatable bonds is 8. The van der Waals surface area contributed by atoms with Gasteiger partial charge in [0.05, 0.1) is 20.0 Å². The molecular formula is C13H18BrNO2. The number of hydrogen-bond donors (Lipinski definition) is 1. The van der Waals surface area contributed by atoms with Gasteiger partial charge in [-0.2, -0.15) is 0 Å². The van der Waals surface area contributed by atoms with Crippen LogP contribution in [-0.4, -0.2) is 20.3 Å². The highest BCUT2D eigenvalue weighted by molar-refractivity contribution is 9.10. The first-order valence-electron chi connectivity index (χ1n) is 5.53. The Morgan fingerprint density at radius 2 is 2.29 bits per heavy atom. The Kier molecular flexibility index (Phi) is 6.74. The smallest absolute Gasteiger partial charge is 0.123 e. The molecule has 0 radical (unpaired) electrons. The van der Waals surface area contributed by atoms with Gasteiger partial charge in [-0.25, -0.2) is 0 Å². The average Bonchev–Trinajstić information content (AvgIpc) is 2.34. The van der Waals surface area contributed by atoms with E-state index in [-0.39, 0.29) is 0 Å². The van der Waals surface area contributed by atoms with E-state index in [2.05, 4.69) is 33.9 Å². The van der Waals surface area contributed by atoms with Crippen molar-refractivity contribution in [3.8, 4) is 5.75 Å². The van der Waals surface area contributed by atoms with Crippen molar-refractivity contribution in [3.63, 3.8) is 0 Å². The summed E-state index contributed by atoms with van der Waals surface area (Å²) < 4.78 is 11.4. The predicted molar refractivity (Wildman–Crippen MR) is 73.2 cm³/mol. The molecule has 0 aliphatic heterocycles. The van der Waals surface area contributed by atoms with E-state index in [0.717, 1.165) is 35.3 Å². The van der Waals surface area contributed by atoms with Crippen LogP contribution in [0.1, 0.15) is 12.0 Å². The van der Waals surface area contributed by atoms with Crippen LogP contribution in [0.3, 0.4) is 0 Å². The van der Waals surface area contributed by atoms with Crippen molar-refractivity contribution in [2.24, 2.45) is 0 Å². The lowest BCUT2D eigenvalue weighted by Crippen LogP contribution is -2.16. The number of benzene rings is 1. The highest BCUT2D eigenvalue weighted by Crippen LogP contribution is 2.22. The van der Waals surface area contributed by atoms with Gasteiger partial charge in [0, 0.05) is 16.6 Å². The Morgan fingerprint density at radius 3 is 3.00 bits per heavy atom. The Morgan fingerprint density at radius 1 is 1.47 bits per heavy atom. The van der Waals surface area contributed by atoms with E-state index in [1.54, 1.807) is 7.11 Å². The number of hydrogen-bond acceptors (Lipinski definition) is 3. The van der Waals surface area contributed by atoms with Crippen molar-refractivity contribution in [3.05, 3.63) is 41.1 Å². The molecule has 0 bridgehead atoms. The van der Waals surface area contributed by atoms with Crippen molar-refractivity contribution in [1.82, 2.24) is 5.32 Å². The first-order valence-corrected chi connectivity index (χ1v) is 6.33. The van der Waals surface area contributed by atoms with E-state index >= 15 is 0 Å². The molecule has 17 heavy (non-hydrogen) atoms. The molecule has 0 saturated heterocycles. The monoisotopic (exact) mass is 299 g/mol. The third-order valence-electron chi connectivity index (χ3n) is 2.29. The zero-order valence-electron chi connectivity index (χ0n) is 10.0. The highest BCUT2D eigenvalue weighted by Gasteiger charge is 2.02. The number of halogens is 1. The summed E-state index contributed by atoms with van der Waals surface area (Å²) in [5.41, 5.74) is 1.14. The Labute approximate surface area is 111 Å². The molecule has 94 valence electrons. The van der Waals surface area contributed by atoms with E-state index in [1.807, 2.05) is 12.1 Å². The molecule has 0 spiro atoms. The van der Waals surface area contributed by atoms with Gasteiger partial charge >= 0.3 is 0 Å². The molecule has 0 unspecified atom stereocenters. The maximum absolute atomic E-state index is 5.30. The summed E-state index contributed by atoms with van der Waals surface area (Å²) in [5, 5.41) is 3.35. The molecule has 0 aromatic heterocycles. The third kappa shape index (κ3) is 5.24. The van der Waals surface area contributed by atoms with E-state index in [1.165, 1.54) is 6.26 Å². The molecule has 0 saturated carbocycles. The summed E-state index contributed by atoms with van der Waals surface area (Å²) in [6.07, 6.45) is 2.43. The molecule has 1 aromatic rings. The van der Waals surface area contributed by atoms with E-state index in [4.69, 9.17) is 9.47 Å². The van der Waals surface area contributed by atoms with Gasteiger partial charge in [-0.1, -0.05) is 22.5 Å². The molecule has 0 aliphatic rings. The van der Waals surface area contributed by atoms with Crippen molar-refractivity contribution >= 4 is 15.9 Å². The maximum atomic E-state index is 5.30. The second-order valence-electron chi connectivity index (χ2n) is 3.52. The average molecular weight is 300 g/mol. The summed E-state index contributed by atoms with van der Waals surface area (Å²) in [7, 11) is 1.69. The maximum Gasteiger partial charge on any atom is 0.123 e. The summed E-state index contributed by atoms with van der Waals surface area (Å²) in [6, 6.07) is 5.99. The van der Waals surface area contributed by atoms with Crippen LogP contribution < -0.4 is 10.1 Å². The van der Waals surface area contributed by atoms with Crippen molar-refractivity contribution in [2.45, 2.75) is 13.0 Å². The van der Waals surface area contributed by atoms with Gasteiger partial charge in [-0.3, -0.25) is 0 Å². The summed E-state index contributed by atoms with van der Waals surface area (Å²) in [5.74, 6) is 0.906. The highest BCUT2D eigenvalue weighted by atomic mass is 79.9. The molecule has 0 fully saturated rings. The fraction of sp³-hybridized carbons (Fsp3) is 0.385. The normalized spacial score (nSPS) is 10.0. The van der Waals surface area contributed by atoms with Crippen molar-refractivity contribution in [1.29, 1.82) is 0 Å². The molecule has 1 rings (SSSR count). The zero-order valence-corrected chi connectivity index (χ0v) is 11.6. The quantitative estimate of drug-likeness (QED) is 0.591. The Hall–Kier alpha value is -1.00. The molecule has 1 aromatic carbocycles. The minimum absolute atomic E-state index is 0.701. The SMILES string of the molecule is C=COCCCNCc1cc(Br)ccc1OC. The van der Waals surface area contributed by atoms with Gasteiger partial charge in [0.1, 0.15) is 5.75 Å². The van der Waals surface area contributed by atoms with Crippen LogP contribution in [-0.2, 0) is 11.3 Å². The van der Waals surface area contributed by atoms with Gasteiger partial charge in [0.2, 0.25) is 0 Å². The van der Waals surface area contributed by atoms with Crippen LogP contribution in [0.2, 0.25) is 0 Å². The Bertz CT molecular complexity index is 355. The van der Waals surface area contributed by atoms with Gasteiger partial charge < -0.3 is 14.8 Å². The molecule has 0 atom stereocenters. The lowest BCUT2D eigenvalue weighted by Gasteiger charge is -2.10. The first kappa shape index (κ1) is 14.1. The molecule has 4 heteroatoms. The van der Waals surface area contributed by atoms with Crippen LogP contribution in [0.15, 0.2) is 35.5 Å². The second-order valence-corrected chi connectivity index (χ2v) is 4.44. The van der Waals surface area contributed by atoms with E-state index in [0.29, 0.717) is 6.61 Å². The predicted octanol–water partition coefficient (Wildman–Crippen LogP) is 3.10. The van der Waals surface area contributed by atoms with Crippen LogP contribution >= 0.6 is 15.9 Å². The summed E-state index contributed by atoms with van der Waals surface area (Å²) in [4.78, 5) is 0. The largest absolute Gasteiger partial charge is 0.502 e. The lowest BCUT2D eigenvalue weighted by atomic mass is 10.2. The molecule has 0 aliphatic carbocycles. The van der Waals surface area contributed by atoms with Crippen molar-refractivity contribution < 1.29 is 9.47 Å². The van der Waals surface area contributed by atoms with Crippen LogP contribution in [0.4, 0.5) is 0 Å². The fourth-order valence-electron chi connectivity index (χ4n) is 1.47. The lowest BCUT2D eigenvalue weighted by molar-refractivity contribution is 0.244. The zero-order chi connectivity index (χ0) is 12.5. The second kappa shape index (κ2) is 8.14. The van der Waals surface area contributed by atoms with Gasteiger partial charge in [0.25, 0.3) is 0 Å². The first-order chi connectivity index (χ1) is 8.27. The minimum Gasteiger partial charge on any atom is -0.502 e. The topological polar surface area (TPSA) is 30.5 Å². The number of ether oxygens (including phenoxy) is 2. The van der Waals surface area contributed by atoms with Gasteiger partial charge in [-0.15, -0.1) is 0 Å². The van der Waals surface area contributed by atoms with Gasteiger partial charge in [0.15, 0.2) is 0 Å². The number of methoxy groups -OCH3 is 1. The van der Waals surface area contributed by atoms with Crippen LogP contribution in [0.5, 0.6) is 5.75 Å². The van der Waals surface area contributed by atoms with Crippen LogP contribution in [0, 0.1) is 0 Å². The summed E-state index contributed by atoms with van der Waals surface area (Å²) in [6.45, 7) is 5.89. The van der Waals surface area contributed by atoms with E-state index in [9.17, 15) is 0 Å². The van der Waals surface area contributed by atoms with Crippen LogP contribution in [0.25, 0.3) is 0 Å². The molecule has 1 N–H and O–H groups in total. The summed E-state index contributed by atoms with van der Waals surface area (Å²) >= 11 is 3.45. The third-order valence-corrected chi connectivity index (χ3v) is 2.78. The fourth-order valence-corrected chi connectivity index (χ4v) is 1.88. The molecule has 3 nitrogen and oxygen atoms in total. The van der Waals surface area contributed by atoms with Gasteiger partial charge in [-0.05, 0) is 31.2 Å². The van der Waals surface area contributed by atoms with Crippen molar-refractivity contribution in [2.75, 3.05) is 20.3 Å².